The van der Waals surface area contributed by atoms with E-state index in [9.17, 15) is 4.39 Å². The van der Waals surface area contributed by atoms with Gasteiger partial charge < -0.3 is 14.5 Å². The van der Waals surface area contributed by atoms with Crippen molar-refractivity contribution in [3.8, 4) is 5.75 Å². The van der Waals surface area contributed by atoms with E-state index in [-0.39, 0.29) is 17.4 Å². The molecule has 19 heavy (non-hydrogen) atoms. The quantitative estimate of drug-likeness (QED) is 0.876. The SMILES string of the molecule is CCNCc1occc1COc1cccc(Cl)c1F. The van der Waals surface area contributed by atoms with E-state index in [4.69, 9.17) is 20.8 Å². The van der Waals surface area contributed by atoms with Gasteiger partial charge in [0, 0.05) is 5.56 Å². The second-order valence-corrected chi connectivity index (χ2v) is 4.40. The Hall–Kier alpha value is -1.52. The summed E-state index contributed by atoms with van der Waals surface area (Å²) in [6.07, 6.45) is 1.60. The minimum atomic E-state index is -0.541. The summed E-state index contributed by atoms with van der Waals surface area (Å²) in [5.74, 6) is 0.397. The first kappa shape index (κ1) is 13.9. The molecule has 0 saturated carbocycles. The zero-order chi connectivity index (χ0) is 13.7. The first-order valence-corrected chi connectivity index (χ1v) is 6.43. The van der Waals surface area contributed by atoms with Gasteiger partial charge in [-0.2, -0.15) is 0 Å². The number of ether oxygens (including phenoxy) is 1. The molecule has 0 radical (unpaired) electrons. The van der Waals surface area contributed by atoms with Crippen molar-refractivity contribution < 1.29 is 13.5 Å². The number of halogens is 2. The molecule has 1 N–H and O–H groups in total. The largest absolute Gasteiger partial charge is 0.486 e. The lowest BCUT2D eigenvalue weighted by Gasteiger charge is -2.08. The highest BCUT2D eigenvalue weighted by atomic mass is 35.5. The maximum absolute atomic E-state index is 13.6. The van der Waals surface area contributed by atoms with Gasteiger partial charge in [0.25, 0.3) is 0 Å². The first-order chi connectivity index (χ1) is 9.22. The highest BCUT2D eigenvalue weighted by Crippen LogP contribution is 2.25. The summed E-state index contributed by atoms with van der Waals surface area (Å²) >= 11 is 5.69. The standard InChI is InChI=1S/C14H15ClFNO2/c1-2-17-8-13-10(6-7-18-13)9-19-12-5-3-4-11(15)14(12)16/h3-7,17H,2,8-9H2,1H3. The predicted molar refractivity (Wildman–Crippen MR) is 71.8 cm³/mol. The second-order valence-electron chi connectivity index (χ2n) is 3.99. The van der Waals surface area contributed by atoms with E-state index in [2.05, 4.69) is 5.32 Å². The lowest BCUT2D eigenvalue weighted by atomic mass is 10.2. The van der Waals surface area contributed by atoms with Crippen molar-refractivity contribution in [1.82, 2.24) is 5.32 Å². The van der Waals surface area contributed by atoms with Crippen molar-refractivity contribution >= 4 is 11.6 Å². The molecule has 0 unspecified atom stereocenters. The fraction of sp³-hybridized carbons (Fsp3) is 0.286. The number of hydrogen-bond donors (Lipinski definition) is 1. The first-order valence-electron chi connectivity index (χ1n) is 6.05. The Morgan fingerprint density at radius 2 is 2.21 bits per heavy atom. The van der Waals surface area contributed by atoms with Crippen LogP contribution in [0, 0.1) is 5.82 Å². The van der Waals surface area contributed by atoms with Crippen LogP contribution >= 0.6 is 11.6 Å². The average molecular weight is 284 g/mol. The number of nitrogens with one attached hydrogen (secondary N) is 1. The molecule has 0 amide bonds. The predicted octanol–water partition coefficient (Wildman–Crippen LogP) is 3.76. The minimum Gasteiger partial charge on any atom is -0.486 e. The molecule has 0 aliphatic carbocycles. The number of benzene rings is 1. The summed E-state index contributed by atoms with van der Waals surface area (Å²) in [7, 11) is 0. The van der Waals surface area contributed by atoms with Gasteiger partial charge in [-0.1, -0.05) is 24.6 Å². The van der Waals surface area contributed by atoms with Gasteiger partial charge in [-0.15, -0.1) is 0 Å². The van der Waals surface area contributed by atoms with Gasteiger partial charge in [-0.3, -0.25) is 0 Å². The van der Waals surface area contributed by atoms with Gasteiger partial charge >= 0.3 is 0 Å². The van der Waals surface area contributed by atoms with E-state index < -0.39 is 5.82 Å². The molecule has 5 heteroatoms. The van der Waals surface area contributed by atoms with E-state index in [1.807, 2.05) is 13.0 Å². The molecule has 0 saturated heterocycles. The molecule has 1 aromatic heterocycles. The maximum Gasteiger partial charge on any atom is 0.183 e. The molecule has 1 aromatic carbocycles. The smallest absolute Gasteiger partial charge is 0.183 e. The molecule has 0 aliphatic heterocycles. The minimum absolute atomic E-state index is 0.0533. The molecule has 0 aliphatic rings. The van der Waals surface area contributed by atoms with Gasteiger partial charge in [-0.05, 0) is 24.7 Å². The fourth-order valence-corrected chi connectivity index (χ4v) is 1.81. The molecule has 3 nitrogen and oxygen atoms in total. The van der Waals surface area contributed by atoms with E-state index >= 15 is 0 Å². The van der Waals surface area contributed by atoms with Crippen molar-refractivity contribution in [1.29, 1.82) is 0 Å². The third-order valence-corrected chi connectivity index (χ3v) is 2.96. The molecule has 0 bridgehead atoms. The molecular weight excluding hydrogens is 269 g/mol. The number of furan rings is 1. The van der Waals surface area contributed by atoms with Crippen LogP contribution in [0.1, 0.15) is 18.2 Å². The monoisotopic (exact) mass is 283 g/mol. The molecule has 0 fully saturated rings. The van der Waals surface area contributed by atoms with Crippen LogP contribution in [0.25, 0.3) is 0 Å². The van der Waals surface area contributed by atoms with Crippen molar-refractivity contribution in [2.75, 3.05) is 6.54 Å². The Balaban J connectivity index is 2.02. The van der Waals surface area contributed by atoms with Gasteiger partial charge in [0.15, 0.2) is 11.6 Å². The summed E-state index contributed by atoms with van der Waals surface area (Å²) in [5.41, 5.74) is 0.889. The van der Waals surface area contributed by atoms with Gasteiger partial charge in [-0.25, -0.2) is 4.39 Å². The molecule has 0 spiro atoms. The molecule has 102 valence electrons. The third kappa shape index (κ3) is 3.49. The summed E-state index contributed by atoms with van der Waals surface area (Å²) in [6.45, 7) is 3.74. The van der Waals surface area contributed by atoms with Crippen LogP contribution in [0.4, 0.5) is 4.39 Å². The topological polar surface area (TPSA) is 34.4 Å². The van der Waals surface area contributed by atoms with Gasteiger partial charge in [0.2, 0.25) is 0 Å². The van der Waals surface area contributed by atoms with Crippen LogP contribution in [-0.2, 0) is 13.2 Å². The fourth-order valence-electron chi connectivity index (χ4n) is 1.64. The number of rotatable bonds is 6. The Morgan fingerprint density at radius 3 is 3.00 bits per heavy atom. The van der Waals surface area contributed by atoms with Crippen LogP contribution < -0.4 is 10.1 Å². The van der Waals surface area contributed by atoms with Crippen LogP contribution in [0.2, 0.25) is 5.02 Å². The summed E-state index contributed by atoms with van der Waals surface area (Å²) in [5, 5.41) is 3.22. The van der Waals surface area contributed by atoms with Crippen LogP contribution in [0.3, 0.4) is 0 Å². The normalized spacial score (nSPS) is 10.7. The Bertz CT molecular complexity index is 542. The summed E-state index contributed by atoms with van der Waals surface area (Å²) in [6, 6.07) is 6.49. The maximum atomic E-state index is 13.6. The van der Waals surface area contributed by atoms with Crippen molar-refractivity contribution in [3.63, 3.8) is 0 Å². The van der Waals surface area contributed by atoms with E-state index in [1.165, 1.54) is 6.07 Å². The van der Waals surface area contributed by atoms with Gasteiger partial charge in [0.05, 0.1) is 17.8 Å². The molecule has 0 atom stereocenters. The molecular formula is C14H15ClFNO2. The van der Waals surface area contributed by atoms with Crippen molar-refractivity contribution in [3.05, 3.63) is 52.7 Å². The molecule has 2 rings (SSSR count). The summed E-state index contributed by atoms with van der Waals surface area (Å²) in [4.78, 5) is 0. The van der Waals surface area contributed by atoms with Crippen LogP contribution in [0.5, 0.6) is 5.75 Å². The highest BCUT2D eigenvalue weighted by molar-refractivity contribution is 6.30. The highest BCUT2D eigenvalue weighted by Gasteiger charge is 2.10. The summed E-state index contributed by atoms with van der Waals surface area (Å²) < 4.78 is 24.4. The third-order valence-electron chi connectivity index (χ3n) is 2.67. The lowest BCUT2D eigenvalue weighted by molar-refractivity contribution is 0.286. The lowest BCUT2D eigenvalue weighted by Crippen LogP contribution is -2.12. The second kappa shape index (κ2) is 6.59. The van der Waals surface area contributed by atoms with Gasteiger partial charge in [0.1, 0.15) is 12.4 Å². The zero-order valence-electron chi connectivity index (χ0n) is 10.6. The van der Waals surface area contributed by atoms with E-state index in [0.717, 1.165) is 17.9 Å². The Kier molecular flexibility index (Phi) is 4.82. The molecule has 1 heterocycles. The van der Waals surface area contributed by atoms with E-state index in [0.29, 0.717) is 6.54 Å². The average Bonchev–Trinajstić information content (AvgIpc) is 2.85. The van der Waals surface area contributed by atoms with Crippen molar-refractivity contribution in [2.45, 2.75) is 20.1 Å². The molecule has 2 aromatic rings. The Labute approximate surface area is 116 Å². The van der Waals surface area contributed by atoms with Crippen molar-refractivity contribution in [2.24, 2.45) is 0 Å². The number of hydrogen-bond acceptors (Lipinski definition) is 3. The zero-order valence-corrected chi connectivity index (χ0v) is 11.3. The van der Waals surface area contributed by atoms with E-state index in [1.54, 1.807) is 18.4 Å². The van der Waals surface area contributed by atoms with Crippen LogP contribution in [0.15, 0.2) is 34.9 Å². The Morgan fingerprint density at radius 1 is 1.37 bits per heavy atom. The van der Waals surface area contributed by atoms with Crippen LogP contribution in [-0.4, -0.2) is 6.54 Å².